The lowest BCUT2D eigenvalue weighted by atomic mass is 10.2. The third-order valence-corrected chi connectivity index (χ3v) is 3.61. The molecule has 0 amide bonds. The molecule has 0 fully saturated rings. The fraction of sp³-hybridized carbons (Fsp3) is 0.364. The van der Waals surface area contributed by atoms with E-state index in [1.165, 1.54) is 12.1 Å². The van der Waals surface area contributed by atoms with Crippen LogP contribution in [0.3, 0.4) is 0 Å². The van der Waals surface area contributed by atoms with E-state index in [1.54, 1.807) is 19.9 Å². The highest BCUT2D eigenvalue weighted by atomic mass is 35.7. The Kier molecular flexibility index (Phi) is 4.98. The maximum atomic E-state index is 11.3. The molecule has 0 saturated heterocycles. The predicted molar refractivity (Wildman–Crippen MR) is 66.3 cm³/mol. The van der Waals surface area contributed by atoms with E-state index < -0.39 is 15.0 Å². The Morgan fingerprint density at radius 2 is 2.06 bits per heavy atom. The Labute approximate surface area is 110 Å². The average molecular weight is 293 g/mol. The Morgan fingerprint density at radius 3 is 2.61 bits per heavy atom. The number of ether oxygens (including phenoxy) is 2. The summed E-state index contributed by atoms with van der Waals surface area (Å²) in [4.78, 5) is 11.1. The van der Waals surface area contributed by atoms with Crippen molar-refractivity contribution in [3.05, 3.63) is 23.8 Å². The minimum absolute atomic E-state index is 0.0366. The van der Waals surface area contributed by atoms with E-state index >= 15 is 0 Å². The molecular weight excluding hydrogens is 280 g/mol. The van der Waals surface area contributed by atoms with Gasteiger partial charge in [-0.3, -0.25) is 0 Å². The molecule has 7 heteroatoms. The Bertz CT molecular complexity index is 538. The lowest BCUT2D eigenvalue weighted by Gasteiger charge is -2.10. The van der Waals surface area contributed by atoms with Crippen molar-refractivity contribution in [2.45, 2.75) is 18.7 Å². The fourth-order valence-corrected chi connectivity index (χ4v) is 2.56. The first-order valence-corrected chi connectivity index (χ1v) is 7.50. The molecule has 5 nitrogen and oxygen atoms in total. The number of hydrogen-bond donors (Lipinski definition) is 0. The molecule has 100 valence electrons. The van der Waals surface area contributed by atoms with Crippen molar-refractivity contribution >= 4 is 25.7 Å². The first-order chi connectivity index (χ1) is 8.36. The molecule has 0 aliphatic carbocycles. The van der Waals surface area contributed by atoms with E-state index in [0.717, 1.165) is 0 Å². The third-order valence-electron chi connectivity index (χ3n) is 2.15. The number of rotatable bonds is 5. The van der Waals surface area contributed by atoms with Gasteiger partial charge in [0.25, 0.3) is 9.05 Å². The molecule has 1 rings (SSSR count). The van der Waals surface area contributed by atoms with Gasteiger partial charge in [0, 0.05) is 16.2 Å². The van der Waals surface area contributed by atoms with Crippen molar-refractivity contribution in [3.8, 4) is 5.75 Å². The number of esters is 1. The second-order valence-corrected chi connectivity index (χ2v) is 5.95. The van der Waals surface area contributed by atoms with Gasteiger partial charge in [-0.05, 0) is 26.0 Å². The molecule has 0 atom stereocenters. The van der Waals surface area contributed by atoms with Gasteiger partial charge in [0.15, 0.2) is 6.61 Å². The second kappa shape index (κ2) is 6.06. The molecule has 0 aliphatic heterocycles. The average Bonchev–Trinajstić information content (AvgIpc) is 2.26. The zero-order valence-electron chi connectivity index (χ0n) is 9.97. The third kappa shape index (κ3) is 3.89. The zero-order chi connectivity index (χ0) is 13.8. The van der Waals surface area contributed by atoms with E-state index in [9.17, 15) is 13.2 Å². The maximum absolute atomic E-state index is 11.3. The summed E-state index contributed by atoms with van der Waals surface area (Å²) in [6.07, 6.45) is 0. The minimum Gasteiger partial charge on any atom is -0.482 e. The van der Waals surface area contributed by atoms with Crippen LogP contribution < -0.4 is 4.74 Å². The van der Waals surface area contributed by atoms with Crippen molar-refractivity contribution in [3.63, 3.8) is 0 Å². The lowest BCUT2D eigenvalue weighted by molar-refractivity contribution is -0.145. The van der Waals surface area contributed by atoms with E-state index in [1.807, 2.05) is 0 Å². The highest BCUT2D eigenvalue weighted by Gasteiger charge is 2.16. The molecule has 0 aliphatic rings. The van der Waals surface area contributed by atoms with Crippen LogP contribution in [0.1, 0.15) is 12.5 Å². The standard InChI is InChI=1S/C11H13ClO5S/c1-3-16-11(13)7-17-9-5-4-6-10(8(9)2)18(12,14)15/h4-6H,3,7H2,1-2H3. The molecule has 0 heterocycles. The number of carbonyl (C=O) groups excluding carboxylic acids is 1. The maximum Gasteiger partial charge on any atom is 0.344 e. The Morgan fingerprint density at radius 1 is 1.39 bits per heavy atom. The number of benzene rings is 1. The zero-order valence-corrected chi connectivity index (χ0v) is 11.5. The van der Waals surface area contributed by atoms with E-state index in [2.05, 4.69) is 0 Å². The van der Waals surface area contributed by atoms with Crippen LogP contribution in [0.5, 0.6) is 5.75 Å². The molecule has 1 aromatic rings. The van der Waals surface area contributed by atoms with Crippen LogP contribution in [0.2, 0.25) is 0 Å². The monoisotopic (exact) mass is 292 g/mol. The van der Waals surface area contributed by atoms with Gasteiger partial charge in [0.05, 0.1) is 11.5 Å². The summed E-state index contributed by atoms with van der Waals surface area (Å²) in [6, 6.07) is 4.41. The van der Waals surface area contributed by atoms with E-state index in [0.29, 0.717) is 5.56 Å². The molecule has 0 bridgehead atoms. The van der Waals surface area contributed by atoms with Crippen molar-refractivity contribution in [2.75, 3.05) is 13.2 Å². The minimum atomic E-state index is -3.83. The first-order valence-electron chi connectivity index (χ1n) is 5.19. The highest BCUT2D eigenvalue weighted by Crippen LogP contribution is 2.27. The molecule has 1 aromatic carbocycles. The fourth-order valence-electron chi connectivity index (χ4n) is 1.35. The summed E-state index contributed by atoms with van der Waals surface area (Å²) in [7, 11) is 1.44. The summed E-state index contributed by atoms with van der Waals surface area (Å²) >= 11 is 0. The number of hydrogen-bond acceptors (Lipinski definition) is 5. The van der Waals surface area contributed by atoms with Crippen LogP contribution in [0.25, 0.3) is 0 Å². The molecule has 0 aromatic heterocycles. The summed E-state index contributed by atoms with van der Waals surface area (Å²) < 4.78 is 32.4. The number of halogens is 1. The topological polar surface area (TPSA) is 69.7 Å². The first kappa shape index (κ1) is 14.8. The number of carbonyl (C=O) groups is 1. The van der Waals surface area contributed by atoms with Crippen LogP contribution >= 0.6 is 10.7 Å². The largest absolute Gasteiger partial charge is 0.482 e. The Balaban J connectivity index is 2.89. The predicted octanol–water partition coefficient (Wildman–Crippen LogP) is 1.86. The van der Waals surface area contributed by atoms with Crippen LogP contribution in [-0.2, 0) is 18.6 Å². The molecular formula is C11H13ClO5S. The quantitative estimate of drug-likeness (QED) is 0.612. The van der Waals surface area contributed by atoms with Gasteiger partial charge in [0.1, 0.15) is 5.75 Å². The lowest BCUT2D eigenvalue weighted by Crippen LogP contribution is -2.15. The summed E-state index contributed by atoms with van der Waals surface area (Å²) in [5.41, 5.74) is 0.358. The SMILES string of the molecule is CCOC(=O)COc1cccc(S(=O)(=O)Cl)c1C. The van der Waals surface area contributed by atoms with Gasteiger partial charge in [-0.25, -0.2) is 13.2 Å². The van der Waals surface area contributed by atoms with Crippen molar-refractivity contribution in [1.82, 2.24) is 0 Å². The van der Waals surface area contributed by atoms with E-state index in [4.69, 9.17) is 20.2 Å². The highest BCUT2D eigenvalue weighted by molar-refractivity contribution is 8.13. The normalized spacial score (nSPS) is 11.1. The van der Waals surface area contributed by atoms with Gasteiger partial charge in [0.2, 0.25) is 0 Å². The van der Waals surface area contributed by atoms with Crippen LogP contribution in [0, 0.1) is 6.92 Å². The second-order valence-electron chi connectivity index (χ2n) is 3.41. The summed E-state index contributed by atoms with van der Waals surface area (Å²) in [5, 5.41) is 0. The molecule has 0 radical (unpaired) electrons. The van der Waals surface area contributed by atoms with Gasteiger partial charge in [-0.2, -0.15) is 0 Å². The van der Waals surface area contributed by atoms with Gasteiger partial charge < -0.3 is 9.47 Å². The molecule has 0 saturated carbocycles. The van der Waals surface area contributed by atoms with E-state index in [-0.39, 0.29) is 23.9 Å². The van der Waals surface area contributed by atoms with Crippen LogP contribution in [-0.4, -0.2) is 27.6 Å². The van der Waals surface area contributed by atoms with Gasteiger partial charge in [-0.1, -0.05) is 6.07 Å². The summed E-state index contributed by atoms with van der Waals surface area (Å²) in [6.45, 7) is 3.22. The van der Waals surface area contributed by atoms with Gasteiger partial charge in [-0.15, -0.1) is 0 Å². The van der Waals surface area contributed by atoms with Crippen molar-refractivity contribution in [1.29, 1.82) is 0 Å². The smallest absolute Gasteiger partial charge is 0.344 e. The molecule has 0 unspecified atom stereocenters. The molecule has 0 spiro atoms. The van der Waals surface area contributed by atoms with Gasteiger partial charge >= 0.3 is 5.97 Å². The molecule has 18 heavy (non-hydrogen) atoms. The summed E-state index contributed by atoms with van der Waals surface area (Å²) in [5.74, 6) is -0.235. The van der Waals surface area contributed by atoms with Crippen LogP contribution in [0.15, 0.2) is 23.1 Å². The van der Waals surface area contributed by atoms with Crippen LogP contribution in [0.4, 0.5) is 0 Å². The Hall–Kier alpha value is -1.27. The van der Waals surface area contributed by atoms with Crippen molar-refractivity contribution < 1.29 is 22.7 Å². The van der Waals surface area contributed by atoms with Crippen molar-refractivity contribution in [2.24, 2.45) is 0 Å². The molecule has 0 N–H and O–H groups in total.